The van der Waals surface area contributed by atoms with Crippen LogP contribution in [0.25, 0.3) is 0 Å². The Labute approximate surface area is 65.4 Å². The Hall–Kier alpha value is -1.06. The van der Waals surface area contributed by atoms with E-state index < -0.39 is 17.3 Å². The molecule has 0 aliphatic heterocycles. The summed E-state index contributed by atoms with van der Waals surface area (Å²) in [4.78, 5) is 20.8. The molecular formula is C7H13NO3. The molecule has 11 heavy (non-hydrogen) atoms. The predicted octanol–water partition coefficient (Wildman–Crippen LogP) is 0.363. The van der Waals surface area contributed by atoms with E-state index in [9.17, 15) is 9.59 Å². The Bertz CT molecular complexity index is 175. The van der Waals surface area contributed by atoms with Gasteiger partial charge in [-0.25, -0.2) is 0 Å². The van der Waals surface area contributed by atoms with Gasteiger partial charge in [0.1, 0.15) is 0 Å². The van der Waals surface area contributed by atoms with Crippen LogP contribution in [0.2, 0.25) is 0 Å². The number of aliphatic carboxylic acids is 1. The van der Waals surface area contributed by atoms with E-state index in [-0.39, 0.29) is 12.8 Å². The highest BCUT2D eigenvalue weighted by Gasteiger charge is 2.25. The average molecular weight is 159 g/mol. The van der Waals surface area contributed by atoms with Crippen molar-refractivity contribution in [1.29, 1.82) is 0 Å². The third-order valence-corrected chi connectivity index (χ3v) is 1.63. The fourth-order valence-corrected chi connectivity index (χ4v) is 0.543. The van der Waals surface area contributed by atoms with Gasteiger partial charge in [0, 0.05) is 11.8 Å². The van der Waals surface area contributed by atoms with Gasteiger partial charge in [-0.15, -0.1) is 0 Å². The Balaban J connectivity index is 3.92. The van der Waals surface area contributed by atoms with Crippen LogP contribution < -0.4 is 5.73 Å². The van der Waals surface area contributed by atoms with Crippen molar-refractivity contribution < 1.29 is 14.7 Å². The Morgan fingerprint density at radius 1 is 1.45 bits per heavy atom. The molecule has 0 atom stereocenters. The molecule has 64 valence electrons. The summed E-state index contributed by atoms with van der Waals surface area (Å²) >= 11 is 0. The van der Waals surface area contributed by atoms with Crippen molar-refractivity contribution >= 4 is 11.9 Å². The molecule has 0 aromatic rings. The summed E-state index contributed by atoms with van der Waals surface area (Å²) in [5.74, 6) is -1.36. The smallest absolute Gasteiger partial charge is 0.303 e. The number of primary amides is 1. The van der Waals surface area contributed by atoms with Gasteiger partial charge in [0.05, 0.1) is 0 Å². The molecule has 0 fully saturated rings. The highest BCUT2D eigenvalue weighted by Crippen LogP contribution is 2.20. The normalized spacial score (nSPS) is 11.1. The summed E-state index contributed by atoms with van der Waals surface area (Å²) in [7, 11) is 0. The van der Waals surface area contributed by atoms with Crippen molar-refractivity contribution in [3.05, 3.63) is 0 Å². The lowest BCUT2D eigenvalue weighted by Gasteiger charge is -2.18. The summed E-state index contributed by atoms with van der Waals surface area (Å²) in [5.41, 5.74) is 4.31. The van der Waals surface area contributed by atoms with Gasteiger partial charge in [-0.3, -0.25) is 9.59 Å². The second kappa shape index (κ2) is 3.37. The molecular weight excluding hydrogens is 146 g/mol. The molecule has 4 heteroatoms. The molecule has 0 radical (unpaired) electrons. The maximum absolute atomic E-state index is 10.7. The first-order valence-corrected chi connectivity index (χ1v) is 3.38. The minimum atomic E-state index is -0.903. The van der Waals surface area contributed by atoms with Gasteiger partial charge in [0.2, 0.25) is 5.91 Å². The summed E-state index contributed by atoms with van der Waals surface area (Å²) < 4.78 is 0. The van der Waals surface area contributed by atoms with Gasteiger partial charge in [0.25, 0.3) is 0 Å². The van der Waals surface area contributed by atoms with Crippen LogP contribution in [0.1, 0.15) is 26.7 Å². The maximum atomic E-state index is 10.7. The van der Waals surface area contributed by atoms with Crippen LogP contribution in [0.4, 0.5) is 0 Å². The third-order valence-electron chi connectivity index (χ3n) is 1.63. The number of carbonyl (C=O) groups excluding carboxylic acids is 1. The lowest BCUT2D eigenvalue weighted by Crippen LogP contribution is -2.31. The van der Waals surface area contributed by atoms with E-state index in [1.54, 1.807) is 13.8 Å². The van der Waals surface area contributed by atoms with Gasteiger partial charge in [-0.2, -0.15) is 0 Å². The van der Waals surface area contributed by atoms with Gasteiger partial charge >= 0.3 is 5.97 Å². The van der Waals surface area contributed by atoms with Crippen molar-refractivity contribution in [3.8, 4) is 0 Å². The summed E-state index contributed by atoms with van der Waals surface area (Å²) in [6, 6.07) is 0. The van der Waals surface area contributed by atoms with Gasteiger partial charge < -0.3 is 10.8 Å². The lowest BCUT2D eigenvalue weighted by atomic mass is 9.87. The van der Waals surface area contributed by atoms with E-state index >= 15 is 0 Å². The fourth-order valence-electron chi connectivity index (χ4n) is 0.543. The Morgan fingerprint density at radius 3 is 2.18 bits per heavy atom. The average Bonchev–Trinajstić information content (AvgIpc) is 1.84. The van der Waals surface area contributed by atoms with E-state index in [4.69, 9.17) is 10.8 Å². The molecule has 4 nitrogen and oxygen atoms in total. The monoisotopic (exact) mass is 159 g/mol. The predicted molar refractivity (Wildman–Crippen MR) is 39.8 cm³/mol. The van der Waals surface area contributed by atoms with Crippen LogP contribution in [0.5, 0.6) is 0 Å². The zero-order valence-corrected chi connectivity index (χ0v) is 6.76. The van der Waals surface area contributed by atoms with Crippen LogP contribution in [0.3, 0.4) is 0 Å². The van der Waals surface area contributed by atoms with Crippen molar-refractivity contribution in [1.82, 2.24) is 0 Å². The van der Waals surface area contributed by atoms with Crippen LogP contribution in [0.15, 0.2) is 0 Å². The van der Waals surface area contributed by atoms with Gasteiger partial charge in [-0.05, 0) is 6.42 Å². The van der Waals surface area contributed by atoms with E-state index in [0.717, 1.165) is 0 Å². The standard InChI is InChI=1S/C7H13NO3/c1-7(2,6(8)11)4-3-5(9)10/h3-4H2,1-2H3,(H2,8,11)(H,9,10). The highest BCUT2D eigenvalue weighted by atomic mass is 16.4. The first-order valence-electron chi connectivity index (χ1n) is 3.38. The Kier molecular flexibility index (Phi) is 3.04. The molecule has 0 aromatic carbocycles. The SMILES string of the molecule is CC(C)(CCC(=O)O)C(N)=O. The number of hydrogen-bond donors (Lipinski definition) is 2. The van der Waals surface area contributed by atoms with Crippen LogP contribution in [0, 0.1) is 5.41 Å². The van der Waals surface area contributed by atoms with Crippen molar-refractivity contribution in [3.63, 3.8) is 0 Å². The largest absolute Gasteiger partial charge is 0.481 e. The number of carboxylic acids is 1. The number of rotatable bonds is 4. The summed E-state index contributed by atoms with van der Waals surface area (Å²) in [5, 5.41) is 8.31. The van der Waals surface area contributed by atoms with E-state index in [1.165, 1.54) is 0 Å². The molecule has 0 saturated heterocycles. The number of carbonyl (C=O) groups is 2. The maximum Gasteiger partial charge on any atom is 0.303 e. The molecule has 0 bridgehead atoms. The van der Waals surface area contributed by atoms with Crippen molar-refractivity contribution in [2.45, 2.75) is 26.7 Å². The number of amides is 1. The second-order valence-corrected chi connectivity index (χ2v) is 3.14. The van der Waals surface area contributed by atoms with Crippen molar-refractivity contribution in [2.75, 3.05) is 0 Å². The van der Waals surface area contributed by atoms with Gasteiger partial charge in [-0.1, -0.05) is 13.8 Å². The highest BCUT2D eigenvalue weighted by molar-refractivity contribution is 5.80. The molecule has 0 spiro atoms. The molecule has 0 aliphatic rings. The summed E-state index contributed by atoms with van der Waals surface area (Å²) in [6.07, 6.45) is 0.271. The lowest BCUT2D eigenvalue weighted by molar-refractivity contribution is -0.138. The quantitative estimate of drug-likeness (QED) is 0.621. The number of nitrogens with two attached hydrogens (primary N) is 1. The third kappa shape index (κ3) is 3.60. The molecule has 0 unspecified atom stereocenters. The molecule has 0 heterocycles. The van der Waals surface area contributed by atoms with Gasteiger partial charge in [0.15, 0.2) is 0 Å². The van der Waals surface area contributed by atoms with Crippen LogP contribution in [-0.4, -0.2) is 17.0 Å². The minimum Gasteiger partial charge on any atom is -0.481 e. The zero-order valence-electron chi connectivity index (χ0n) is 6.76. The first-order chi connectivity index (χ1) is 4.86. The molecule has 0 rings (SSSR count). The molecule has 0 aliphatic carbocycles. The van der Waals surface area contributed by atoms with Crippen LogP contribution in [-0.2, 0) is 9.59 Å². The second-order valence-electron chi connectivity index (χ2n) is 3.14. The van der Waals surface area contributed by atoms with E-state index in [2.05, 4.69) is 0 Å². The first kappa shape index (κ1) is 9.94. The van der Waals surface area contributed by atoms with Crippen molar-refractivity contribution in [2.24, 2.45) is 11.1 Å². The number of hydrogen-bond acceptors (Lipinski definition) is 2. The van der Waals surface area contributed by atoms with Crippen LogP contribution >= 0.6 is 0 Å². The zero-order chi connectivity index (χ0) is 9.07. The molecule has 0 aromatic heterocycles. The minimum absolute atomic E-state index is 0.0179. The fraction of sp³-hybridized carbons (Fsp3) is 0.714. The molecule has 3 N–H and O–H groups in total. The topological polar surface area (TPSA) is 80.4 Å². The van der Waals surface area contributed by atoms with E-state index in [1.807, 2.05) is 0 Å². The molecule has 0 saturated carbocycles. The summed E-state index contributed by atoms with van der Waals surface area (Å²) in [6.45, 7) is 3.27. The Morgan fingerprint density at radius 2 is 1.91 bits per heavy atom. The molecule has 1 amide bonds. The van der Waals surface area contributed by atoms with E-state index in [0.29, 0.717) is 0 Å². The number of carboxylic acid groups (broad SMARTS) is 1.